The molecule has 0 bridgehead atoms. The number of nitrogens with zero attached hydrogens (tertiary/aromatic N) is 2. The third-order valence-electron chi connectivity index (χ3n) is 6.54. The van der Waals surface area contributed by atoms with Crippen LogP contribution in [0.5, 0.6) is 5.75 Å². The molecule has 0 unspecified atom stereocenters. The fourth-order valence-electron chi connectivity index (χ4n) is 4.87. The van der Waals surface area contributed by atoms with Crippen molar-refractivity contribution in [2.24, 2.45) is 0 Å². The van der Waals surface area contributed by atoms with Gasteiger partial charge in [-0.25, -0.2) is 8.42 Å². The molecule has 0 saturated carbocycles. The highest BCUT2D eigenvalue weighted by atomic mass is 32.2. The minimum Gasteiger partial charge on any atom is -0.492 e. The van der Waals surface area contributed by atoms with Crippen molar-refractivity contribution >= 4 is 43.4 Å². The zero-order valence-electron chi connectivity index (χ0n) is 20.0. The fourth-order valence-corrected chi connectivity index (χ4v) is 6.54. The number of carbonyl (C=O) groups is 1. The average molecular weight is 492 g/mol. The first-order chi connectivity index (χ1) is 16.9. The molecular formula is C27H29N3O4S. The Kier molecular flexibility index (Phi) is 6.25. The maximum absolute atomic E-state index is 13.3. The molecule has 1 fully saturated rings. The lowest BCUT2D eigenvalue weighted by Gasteiger charge is -2.19. The SMILES string of the molecule is CCOc1ccc(C(=O)Nc2ccc3c(c2)c2ccccc2n3CC)cc1S(=O)(=O)N1CCCC1. The molecule has 1 N–H and O–H groups in total. The van der Waals surface area contributed by atoms with E-state index in [1.807, 2.05) is 30.3 Å². The Morgan fingerprint density at radius 1 is 0.943 bits per heavy atom. The zero-order chi connectivity index (χ0) is 24.6. The van der Waals surface area contributed by atoms with Crippen LogP contribution in [0.4, 0.5) is 5.69 Å². The summed E-state index contributed by atoms with van der Waals surface area (Å²) in [4.78, 5) is 13.2. The van der Waals surface area contributed by atoms with E-state index in [4.69, 9.17) is 4.74 Å². The highest BCUT2D eigenvalue weighted by Gasteiger charge is 2.31. The standard InChI is InChI=1S/C27H29N3O4S/c1-3-30-23-10-6-5-9-21(23)22-18-20(12-13-24(22)30)28-27(31)19-11-14-25(34-4-2)26(17-19)35(32,33)29-15-7-8-16-29/h5-6,9-14,17-18H,3-4,7-8,15-16H2,1-2H3,(H,28,31). The molecule has 1 aromatic heterocycles. The monoisotopic (exact) mass is 491 g/mol. The summed E-state index contributed by atoms with van der Waals surface area (Å²) in [7, 11) is -3.75. The highest BCUT2D eigenvalue weighted by Crippen LogP contribution is 2.32. The Balaban J connectivity index is 1.49. The number of benzene rings is 3. The lowest BCUT2D eigenvalue weighted by molar-refractivity contribution is 0.102. The van der Waals surface area contributed by atoms with E-state index in [1.165, 1.54) is 10.4 Å². The number of nitrogens with one attached hydrogen (secondary N) is 1. The van der Waals surface area contributed by atoms with Crippen molar-refractivity contribution in [3.8, 4) is 5.75 Å². The van der Waals surface area contributed by atoms with Crippen molar-refractivity contribution in [1.29, 1.82) is 0 Å². The van der Waals surface area contributed by atoms with E-state index in [2.05, 4.69) is 28.9 Å². The van der Waals surface area contributed by atoms with Crippen molar-refractivity contribution in [1.82, 2.24) is 8.87 Å². The van der Waals surface area contributed by atoms with E-state index in [9.17, 15) is 13.2 Å². The van der Waals surface area contributed by atoms with Crippen LogP contribution in [-0.2, 0) is 16.6 Å². The smallest absolute Gasteiger partial charge is 0.255 e. The van der Waals surface area contributed by atoms with Crippen LogP contribution < -0.4 is 10.1 Å². The minimum absolute atomic E-state index is 0.0374. The zero-order valence-corrected chi connectivity index (χ0v) is 20.8. The number of anilines is 1. The first-order valence-electron chi connectivity index (χ1n) is 12.0. The molecule has 2 heterocycles. The van der Waals surface area contributed by atoms with Gasteiger partial charge in [0.2, 0.25) is 10.0 Å². The molecular weight excluding hydrogens is 462 g/mol. The summed E-state index contributed by atoms with van der Waals surface area (Å²) in [5.74, 6) is -0.103. The van der Waals surface area contributed by atoms with Gasteiger partial charge in [0.05, 0.1) is 6.61 Å². The van der Waals surface area contributed by atoms with Gasteiger partial charge in [-0.1, -0.05) is 18.2 Å². The molecule has 5 rings (SSSR count). The molecule has 1 aliphatic rings. The first-order valence-corrected chi connectivity index (χ1v) is 13.5. The number of carbonyl (C=O) groups excluding carboxylic acids is 1. The Morgan fingerprint density at radius 3 is 2.43 bits per heavy atom. The number of ether oxygens (including phenoxy) is 1. The normalized spacial score (nSPS) is 14.6. The van der Waals surface area contributed by atoms with Gasteiger partial charge in [-0.05, 0) is 69.2 Å². The van der Waals surface area contributed by atoms with Gasteiger partial charge in [0.25, 0.3) is 5.91 Å². The number of fused-ring (bicyclic) bond motifs is 3. The van der Waals surface area contributed by atoms with Gasteiger partial charge in [0.15, 0.2) is 0 Å². The minimum atomic E-state index is -3.75. The van der Waals surface area contributed by atoms with Gasteiger partial charge in [0, 0.05) is 52.7 Å². The molecule has 7 nitrogen and oxygen atoms in total. The van der Waals surface area contributed by atoms with Gasteiger partial charge in [-0.15, -0.1) is 0 Å². The van der Waals surface area contributed by atoms with Gasteiger partial charge in [-0.2, -0.15) is 4.31 Å². The van der Waals surface area contributed by atoms with E-state index in [0.717, 1.165) is 41.2 Å². The molecule has 1 amide bonds. The number of aryl methyl sites for hydroxylation is 1. The Bertz CT molecular complexity index is 1520. The molecule has 8 heteroatoms. The first kappa shape index (κ1) is 23.4. The van der Waals surface area contributed by atoms with Crippen LogP contribution in [0, 0.1) is 0 Å². The third-order valence-corrected chi connectivity index (χ3v) is 8.45. The van der Waals surface area contributed by atoms with Gasteiger partial charge in [0.1, 0.15) is 10.6 Å². The molecule has 182 valence electrons. The Labute approximate surface area is 205 Å². The van der Waals surface area contributed by atoms with E-state index < -0.39 is 10.0 Å². The maximum atomic E-state index is 13.3. The van der Waals surface area contributed by atoms with Gasteiger partial charge in [-0.3, -0.25) is 4.79 Å². The lowest BCUT2D eigenvalue weighted by Crippen LogP contribution is -2.28. The summed E-state index contributed by atoms with van der Waals surface area (Å²) >= 11 is 0. The predicted molar refractivity (Wildman–Crippen MR) is 139 cm³/mol. The highest BCUT2D eigenvalue weighted by molar-refractivity contribution is 7.89. The molecule has 0 aliphatic carbocycles. The predicted octanol–water partition coefficient (Wildman–Crippen LogP) is 5.25. The second-order valence-electron chi connectivity index (χ2n) is 8.65. The quantitative estimate of drug-likeness (QED) is 0.383. The summed E-state index contributed by atoms with van der Waals surface area (Å²) < 4.78 is 35.9. The van der Waals surface area contributed by atoms with Crippen molar-refractivity contribution in [2.75, 3.05) is 25.0 Å². The molecule has 1 saturated heterocycles. The van der Waals surface area contributed by atoms with Crippen LogP contribution in [0.3, 0.4) is 0 Å². The number of para-hydroxylation sites is 1. The van der Waals surface area contributed by atoms with Gasteiger partial charge < -0.3 is 14.6 Å². The molecule has 0 atom stereocenters. The molecule has 0 radical (unpaired) electrons. The lowest BCUT2D eigenvalue weighted by atomic mass is 10.1. The van der Waals surface area contributed by atoms with Crippen LogP contribution in [0.15, 0.2) is 65.6 Å². The van der Waals surface area contributed by atoms with E-state index in [1.54, 1.807) is 19.1 Å². The third kappa shape index (κ3) is 4.17. The van der Waals surface area contributed by atoms with E-state index in [0.29, 0.717) is 25.4 Å². The maximum Gasteiger partial charge on any atom is 0.255 e. The summed E-state index contributed by atoms with van der Waals surface area (Å²) in [5, 5.41) is 5.13. The number of hydrogen-bond donors (Lipinski definition) is 1. The van der Waals surface area contributed by atoms with Crippen molar-refractivity contribution in [3.63, 3.8) is 0 Å². The molecule has 3 aromatic carbocycles. The number of amides is 1. The molecule has 35 heavy (non-hydrogen) atoms. The number of aromatic nitrogens is 1. The fraction of sp³-hybridized carbons (Fsp3) is 0.296. The second kappa shape index (κ2) is 9.36. The topological polar surface area (TPSA) is 80.6 Å². The number of rotatable bonds is 7. The summed E-state index contributed by atoms with van der Waals surface area (Å²) in [6, 6.07) is 18.7. The van der Waals surface area contributed by atoms with Crippen LogP contribution in [0.25, 0.3) is 21.8 Å². The summed E-state index contributed by atoms with van der Waals surface area (Å²) in [5.41, 5.74) is 3.17. The average Bonchev–Trinajstić information content (AvgIpc) is 3.51. The molecule has 0 spiro atoms. The van der Waals surface area contributed by atoms with Gasteiger partial charge >= 0.3 is 0 Å². The summed E-state index contributed by atoms with van der Waals surface area (Å²) in [6.07, 6.45) is 1.67. The van der Waals surface area contributed by atoms with Crippen LogP contribution >= 0.6 is 0 Å². The summed E-state index contributed by atoms with van der Waals surface area (Å²) in [6.45, 7) is 6.06. The Hall–Kier alpha value is -3.36. The van der Waals surface area contributed by atoms with E-state index in [-0.39, 0.29) is 22.1 Å². The molecule has 4 aromatic rings. The van der Waals surface area contributed by atoms with Crippen LogP contribution in [-0.4, -0.2) is 42.9 Å². The van der Waals surface area contributed by atoms with Crippen LogP contribution in [0.2, 0.25) is 0 Å². The van der Waals surface area contributed by atoms with Crippen molar-refractivity contribution in [3.05, 3.63) is 66.2 Å². The molecule has 1 aliphatic heterocycles. The van der Waals surface area contributed by atoms with Crippen molar-refractivity contribution < 1.29 is 17.9 Å². The second-order valence-corrected chi connectivity index (χ2v) is 10.6. The largest absolute Gasteiger partial charge is 0.492 e. The number of hydrogen-bond acceptors (Lipinski definition) is 4. The van der Waals surface area contributed by atoms with E-state index >= 15 is 0 Å². The number of sulfonamides is 1. The van der Waals surface area contributed by atoms with Crippen molar-refractivity contribution in [2.45, 2.75) is 38.1 Å². The van der Waals surface area contributed by atoms with Crippen LogP contribution in [0.1, 0.15) is 37.0 Å². The Morgan fingerprint density at radius 2 is 1.69 bits per heavy atom.